The monoisotopic (exact) mass is 292 g/mol. The van der Waals surface area contributed by atoms with Crippen molar-refractivity contribution < 1.29 is 23.1 Å². The number of ether oxygens (including phenoxy) is 1. The Labute approximate surface area is 113 Å². The van der Waals surface area contributed by atoms with Crippen LogP contribution in [0.2, 0.25) is 0 Å². The lowest BCUT2D eigenvalue weighted by atomic mass is 9.81. The number of carbonyl (C=O) groups is 1. The summed E-state index contributed by atoms with van der Waals surface area (Å²) in [6.45, 7) is 3.78. The highest BCUT2D eigenvalue weighted by Gasteiger charge is 2.41. The van der Waals surface area contributed by atoms with E-state index >= 15 is 0 Å². The van der Waals surface area contributed by atoms with Crippen molar-refractivity contribution in [3.8, 4) is 0 Å². The van der Waals surface area contributed by atoms with Gasteiger partial charge in [-0.05, 0) is 19.8 Å². The molecule has 0 aromatic rings. The Kier molecular flexibility index (Phi) is 4.14. The van der Waals surface area contributed by atoms with Crippen LogP contribution < -0.4 is 0 Å². The van der Waals surface area contributed by atoms with Crippen LogP contribution in [0.5, 0.6) is 0 Å². The van der Waals surface area contributed by atoms with E-state index in [9.17, 15) is 13.2 Å². The smallest absolute Gasteiger partial charge is 0.309 e. The minimum atomic E-state index is -3.47. The van der Waals surface area contributed by atoms with Crippen molar-refractivity contribution in [2.24, 2.45) is 5.41 Å². The summed E-state index contributed by atoms with van der Waals surface area (Å²) < 4.78 is 32.7. The zero-order valence-electron chi connectivity index (χ0n) is 11.0. The SMILES string of the molecule is CC1(C(=O)O)CCN(S(=O)(=O)N2CCOCC2)CC1. The molecule has 0 unspecified atom stereocenters. The van der Waals surface area contributed by atoms with Gasteiger partial charge in [-0.25, -0.2) is 0 Å². The number of carboxylic acids is 1. The van der Waals surface area contributed by atoms with E-state index in [0.29, 0.717) is 39.1 Å². The highest BCUT2D eigenvalue weighted by atomic mass is 32.2. The Bertz CT molecular complexity index is 436. The third-order valence-electron chi connectivity index (χ3n) is 3.96. The molecule has 0 radical (unpaired) electrons. The van der Waals surface area contributed by atoms with Gasteiger partial charge in [0.05, 0.1) is 18.6 Å². The molecule has 7 nitrogen and oxygen atoms in total. The van der Waals surface area contributed by atoms with Gasteiger partial charge in [-0.1, -0.05) is 0 Å². The number of aliphatic carboxylic acids is 1. The lowest BCUT2D eigenvalue weighted by molar-refractivity contribution is -0.150. The second-order valence-electron chi connectivity index (χ2n) is 5.28. The van der Waals surface area contributed by atoms with Crippen molar-refractivity contribution in [1.29, 1.82) is 0 Å². The summed E-state index contributed by atoms with van der Waals surface area (Å²) in [4.78, 5) is 11.1. The molecule has 0 saturated carbocycles. The van der Waals surface area contributed by atoms with E-state index in [4.69, 9.17) is 9.84 Å². The highest BCUT2D eigenvalue weighted by molar-refractivity contribution is 7.86. The van der Waals surface area contributed by atoms with Crippen molar-refractivity contribution in [2.75, 3.05) is 39.4 Å². The van der Waals surface area contributed by atoms with Gasteiger partial charge in [0.1, 0.15) is 0 Å². The van der Waals surface area contributed by atoms with Crippen LogP contribution in [0.25, 0.3) is 0 Å². The maximum Gasteiger partial charge on any atom is 0.309 e. The molecule has 2 rings (SSSR count). The van der Waals surface area contributed by atoms with Gasteiger partial charge in [-0.2, -0.15) is 17.0 Å². The highest BCUT2D eigenvalue weighted by Crippen LogP contribution is 2.32. The van der Waals surface area contributed by atoms with Crippen LogP contribution in [0.1, 0.15) is 19.8 Å². The third-order valence-corrected chi connectivity index (χ3v) is 6.00. The minimum Gasteiger partial charge on any atom is -0.481 e. The summed E-state index contributed by atoms with van der Waals surface area (Å²) in [5.74, 6) is -0.851. The zero-order chi connectivity index (χ0) is 14.1. The molecule has 0 atom stereocenters. The van der Waals surface area contributed by atoms with E-state index in [1.807, 2.05) is 0 Å². The lowest BCUT2D eigenvalue weighted by Crippen LogP contribution is -2.52. The number of hydrogen-bond donors (Lipinski definition) is 1. The summed E-state index contributed by atoms with van der Waals surface area (Å²) in [6.07, 6.45) is 0.706. The van der Waals surface area contributed by atoms with Crippen LogP contribution in [0.4, 0.5) is 0 Å². The number of morpholine rings is 1. The predicted molar refractivity (Wildman–Crippen MR) is 67.9 cm³/mol. The Balaban J connectivity index is 2.02. The largest absolute Gasteiger partial charge is 0.481 e. The molecule has 110 valence electrons. The lowest BCUT2D eigenvalue weighted by Gasteiger charge is -2.38. The van der Waals surface area contributed by atoms with Gasteiger partial charge in [0.2, 0.25) is 0 Å². The van der Waals surface area contributed by atoms with Gasteiger partial charge in [0.25, 0.3) is 10.2 Å². The molecule has 0 amide bonds. The molecule has 2 aliphatic rings. The van der Waals surface area contributed by atoms with Gasteiger partial charge < -0.3 is 9.84 Å². The van der Waals surface area contributed by atoms with Crippen LogP contribution in [0, 0.1) is 5.41 Å². The van der Waals surface area contributed by atoms with Crippen LogP contribution in [0.15, 0.2) is 0 Å². The quantitative estimate of drug-likeness (QED) is 0.775. The molecular formula is C11H20N2O5S. The first kappa shape index (κ1) is 14.7. The molecule has 2 aliphatic heterocycles. The van der Waals surface area contributed by atoms with Crippen LogP contribution in [-0.4, -0.2) is 67.5 Å². The number of nitrogens with zero attached hydrogens (tertiary/aromatic N) is 2. The molecule has 0 aliphatic carbocycles. The second kappa shape index (κ2) is 5.35. The van der Waals surface area contributed by atoms with Crippen molar-refractivity contribution in [2.45, 2.75) is 19.8 Å². The molecule has 0 aromatic heterocycles. The van der Waals surface area contributed by atoms with Crippen LogP contribution in [0.3, 0.4) is 0 Å². The van der Waals surface area contributed by atoms with E-state index in [1.54, 1.807) is 6.92 Å². The van der Waals surface area contributed by atoms with E-state index in [0.717, 1.165) is 0 Å². The standard InChI is InChI=1S/C11H20N2O5S/c1-11(10(14)15)2-4-12(5-3-11)19(16,17)13-6-8-18-9-7-13/h2-9H2,1H3,(H,14,15). The first-order chi connectivity index (χ1) is 8.86. The van der Waals surface area contributed by atoms with E-state index in [1.165, 1.54) is 8.61 Å². The summed E-state index contributed by atoms with van der Waals surface area (Å²) in [7, 11) is -3.47. The average Bonchev–Trinajstić information content (AvgIpc) is 2.40. The first-order valence-electron chi connectivity index (χ1n) is 6.43. The molecule has 2 saturated heterocycles. The van der Waals surface area contributed by atoms with Gasteiger partial charge in [0.15, 0.2) is 0 Å². The fraction of sp³-hybridized carbons (Fsp3) is 0.909. The van der Waals surface area contributed by atoms with E-state index < -0.39 is 21.6 Å². The Morgan fingerprint density at radius 3 is 2.05 bits per heavy atom. The van der Waals surface area contributed by atoms with Crippen molar-refractivity contribution in [1.82, 2.24) is 8.61 Å². The Morgan fingerprint density at radius 1 is 1.11 bits per heavy atom. The molecule has 19 heavy (non-hydrogen) atoms. The fourth-order valence-corrected chi connectivity index (χ4v) is 3.95. The second-order valence-corrected chi connectivity index (χ2v) is 7.21. The normalized spacial score (nSPS) is 26.2. The molecule has 2 fully saturated rings. The Hall–Kier alpha value is -0.700. The molecule has 0 aromatic carbocycles. The van der Waals surface area contributed by atoms with Gasteiger partial charge in [-0.3, -0.25) is 4.79 Å². The maximum atomic E-state index is 12.4. The van der Waals surface area contributed by atoms with Gasteiger partial charge in [0, 0.05) is 26.2 Å². The van der Waals surface area contributed by atoms with Crippen LogP contribution >= 0.6 is 0 Å². The summed E-state index contributed by atoms with van der Waals surface area (Å²) in [6, 6.07) is 0. The van der Waals surface area contributed by atoms with E-state index in [2.05, 4.69) is 0 Å². The predicted octanol–water partition coefficient (Wildman–Crippen LogP) is -0.250. The Morgan fingerprint density at radius 2 is 1.58 bits per heavy atom. The van der Waals surface area contributed by atoms with Gasteiger partial charge >= 0.3 is 5.97 Å². The fourth-order valence-electron chi connectivity index (χ4n) is 2.36. The average molecular weight is 292 g/mol. The van der Waals surface area contributed by atoms with Gasteiger partial charge in [-0.15, -0.1) is 0 Å². The molecule has 1 N–H and O–H groups in total. The molecule has 0 bridgehead atoms. The number of carboxylic acid groups (broad SMARTS) is 1. The number of hydrogen-bond acceptors (Lipinski definition) is 4. The number of piperidine rings is 1. The van der Waals surface area contributed by atoms with E-state index in [-0.39, 0.29) is 13.1 Å². The first-order valence-corrected chi connectivity index (χ1v) is 7.82. The number of rotatable bonds is 3. The summed E-state index contributed by atoms with van der Waals surface area (Å²) in [5, 5.41) is 9.14. The summed E-state index contributed by atoms with van der Waals surface area (Å²) >= 11 is 0. The molecule has 2 heterocycles. The molecular weight excluding hydrogens is 272 g/mol. The van der Waals surface area contributed by atoms with Crippen LogP contribution in [-0.2, 0) is 19.7 Å². The van der Waals surface area contributed by atoms with Crippen molar-refractivity contribution >= 4 is 16.2 Å². The van der Waals surface area contributed by atoms with Crippen molar-refractivity contribution in [3.05, 3.63) is 0 Å². The summed E-state index contributed by atoms with van der Waals surface area (Å²) in [5.41, 5.74) is -0.809. The topological polar surface area (TPSA) is 87.2 Å². The molecule has 0 spiro atoms. The van der Waals surface area contributed by atoms with Crippen molar-refractivity contribution in [3.63, 3.8) is 0 Å². The molecule has 8 heteroatoms. The minimum absolute atomic E-state index is 0.266. The zero-order valence-corrected chi connectivity index (χ0v) is 11.9. The third kappa shape index (κ3) is 2.91. The maximum absolute atomic E-state index is 12.4.